The molecule has 0 saturated heterocycles. The van der Waals surface area contributed by atoms with Gasteiger partial charge in [-0.05, 0) is 45.9 Å². The van der Waals surface area contributed by atoms with Gasteiger partial charge in [0.1, 0.15) is 17.2 Å². The lowest BCUT2D eigenvalue weighted by Crippen LogP contribution is -2.17. The van der Waals surface area contributed by atoms with Crippen LogP contribution in [0, 0.1) is 0 Å². The van der Waals surface area contributed by atoms with Gasteiger partial charge in [-0.15, -0.1) is 11.3 Å². The van der Waals surface area contributed by atoms with Gasteiger partial charge in [0.15, 0.2) is 0 Å². The summed E-state index contributed by atoms with van der Waals surface area (Å²) in [4.78, 5) is 16.4. The van der Waals surface area contributed by atoms with E-state index in [0.717, 1.165) is 38.7 Å². The number of pyridine rings is 1. The number of nitrogens with one attached hydrogen (secondary N) is 3. The zero-order valence-corrected chi connectivity index (χ0v) is 17.6. The fraction of sp³-hybridized carbons (Fsp3) is 0.286. The molecule has 0 fully saturated rings. The van der Waals surface area contributed by atoms with E-state index in [9.17, 15) is 5.11 Å². The monoisotopic (exact) mass is 408 g/mol. The predicted octanol–water partition coefficient (Wildman–Crippen LogP) is 4.87. The van der Waals surface area contributed by atoms with Crippen LogP contribution in [0.25, 0.3) is 21.5 Å². The van der Waals surface area contributed by atoms with Crippen molar-refractivity contribution in [2.75, 3.05) is 10.6 Å². The van der Waals surface area contributed by atoms with Crippen molar-refractivity contribution in [2.24, 2.45) is 0 Å². The molecule has 0 bridgehead atoms. The molecular formula is C21H24N6OS. The molecule has 7 nitrogen and oxygen atoms in total. The van der Waals surface area contributed by atoms with Gasteiger partial charge in [-0.3, -0.25) is 0 Å². The Kier molecular flexibility index (Phi) is 4.97. The number of aromatic nitrogens is 4. The number of fused-ring (bicyclic) bond motifs is 1. The first-order valence-electron chi connectivity index (χ1n) is 9.44. The quantitative estimate of drug-likeness (QED) is 0.363. The van der Waals surface area contributed by atoms with Crippen LogP contribution in [0.3, 0.4) is 0 Å². The summed E-state index contributed by atoms with van der Waals surface area (Å²) in [5.74, 6) is 1.26. The summed E-state index contributed by atoms with van der Waals surface area (Å²) in [5, 5.41) is 17.0. The van der Waals surface area contributed by atoms with Gasteiger partial charge in [-0.1, -0.05) is 0 Å². The van der Waals surface area contributed by atoms with Gasteiger partial charge in [-0.2, -0.15) is 0 Å². The average Bonchev–Trinajstić information content (AvgIpc) is 3.30. The highest BCUT2D eigenvalue weighted by atomic mass is 32.1. The molecule has 0 unspecified atom stereocenters. The SMILES string of the molecule is CC(C)Nc1cc(Nc2ccc3ncsc3c2)ncc1-c1cnc(C(C)(C)O)[nH]1. The molecule has 0 radical (unpaired) electrons. The first kappa shape index (κ1) is 19.4. The molecule has 29 heavy (non-hydrogen) atoms. The van der Waals surface area contributed by atoms with Gasteiger partial charge in [0.2, 0.25) is 0 Å². The molecule has 3 heterocycles. The molecule has 150 valence electrons. The average molecular weight is 409 g/mol. The Morgan fingerprint density at radius 3 is 2.66 bits per heavy atom. The minimum absolute atomic E-state index is 0.245. The second-order valence-corrected chi connectivity index (χ2v) is 8.66. The maximum Gasteiger partial charge on any atom is 0.138 e. The highest BCUT2D eigenvalue weighted by molar-refractivity contribution is 7.16. The third-order valence-electron chi connectivity index (χ3n) is 4.40. The molecule has 1 aromatic carbocycles. The molecule has 0 aliphatic carbocycles. The van der Waals surface area contributed by atoms with E-state index in [1.165, 1.54) is 0 Å². The Labute approximate surface area is 173 Å². The number of H-pyrrole nitrogens is 1. The number of imidazole rings is 1. The van der Waals surface area contributed by atoms with E-state index in [0.29, 0.717) is 5.82 Å². The van der Waals surface area contributed by atoms with Gasteiger partial charge >= 0.3 is 0 Å². The Morgan fingerprint density at radius 1 is 1.10 bits per heavy atom. The largest absolute Gasteiger partial charge is 0.383 e. The number of nitrogens with zero attached hydrogens (tertiary/aromatic N) is 3. The lowest BCUT2D eigenvalue weighted by atomic mass is 10.1. The fourth-order valence-electron chi connectivity index (χ4n) is 3.02. The zero-order chi connectivity index (χ0) is 20.6. The molecule has 0 aliphatic heterocycles. The number of anilines is 3. The summed E-state index contributed by atoms with van der Waals surface area (Å²) < 4.78 is 1.13. The number of hydrogen-bond acceptors (Lipinski definition) is 7. The van der Waals surface area contributed by atoms with Gasteiger partial charge in [0.05, 0.1) is 27.6 Å². The van der Waals surface area contributed by atoms with Crippen LogP contribution in [-0.2, 0) is 5.60 Å². The Balaban J connectivity index is 1.67. The maximum absolute atomic E-state index is 10.2. The lowest BCUT2D eigenvalue weighted by molar-refractivity contribution is 0.0697. The molecule has 3 aromatic heterocycles. The highest BCUT2D eigenvalue weighted by Gasteiger charge is 2.21. The third kappa shape index (κ3) is 4.23. The van der Waals surface area contributed by atoms with Crippen LogP contribution < -0.4 is 10.6 Å². The van der Waals surface area contributed by atoms with Crippen molar-refractivity contribution in [3.8, 4) is 11.3 Å². The highest BCUT2D eigenvalue weighted by Crippen LogP contribution is 2.31. The molecule has 4 rings (SSSR count). The molecular weight excluding hydrogens is 384 g/mol. The van der Waals surface area contributed by atoms with E-state index in [1.54, 1.807) is 37.6 Å². The van der Waals surface area contributed by atoms with Gasteiger partial charge < -0.3 is 20.7 Å². The van der Waals surface area contributed by atoms with Crippen molar-refractivity contribution in [3.63, 3.8) is 0 Å². The Morgan fingerprint density at radius 2 is 1.93 bits per heavy atom. The normalized spacial score (nSPS) is 11.9. The first-order chi connectivity index (χ1) is 13.8. The van der Waals surface area contributed by atoms with Crippen molar-refractivity contribution in [2.45, 2.75) is 39.3 Å². The number of aromatic amines is 1. The van der Waals surface area contributed by atoms with Gasteiger partial charge in [0, 0.05) is 35.2 Å². The van der Waals surface area contributed by atoms with Crippen molar-refractivity contribution in [1.29, 1.82) is 0 Å². The van der Waals surface area contributed by atoms with E-state index in [-0.39, 0.29) is 6.04 Å². The van der Waals surface area contributed by atoms with Crippen molar-refractivity contribution < 1.29 is 5.11 Å². The van der Waals surface area contributed by atoms with Gasteiger partial charge in [-0.25, -0.2) is 15.0 Å². The summed E-state index contributed by atoms with van der Waals surface area (Å²) >= 11 is 1.61. The number of hydrogen-bond donors (Lipinski definition) is 4. The van der Waals surface area contributed by atoms with Crippen molar-refractivity contribution >= 4 is 38.7 Å². The summed E-state index contributed by atoms with van der Waals surface area (Å²) in [5.41, 5.74) is 5.39. The molecule has 4 aromatic rings. The summed E-state index contributed by atoms with van der Waals surface area (Å²) in [6, 6.07) is 8.30. The summed E-state index contributed by atoms with van der Waals surface area (Å²) in [7, 11) is 0. The van der Waals surface area contributed by atoms with Crippen LogP contribution in [0.15, 0.2) is 42.2 Å². The standard InChI is InChI=1S/C21H24N6OS/c1-12(2)25-16-8-19(26-13-5-6-15-18(7-13)29-11-24-15)22-9-14(16)17-10-23-20(27-17)21(3,4)28/h5-12,28H,1-4H3,(H,23,27)(H2,22,25,26). The number of benzene rings is 1. The molecule has 0 atom stereocenters. The lowest BCUT2D eigenvalue weighted by Gasteiger charge is -2.16. The second-order valence-electron chi connectivity index (χ2n) is 7.78. The van der Waals surface area contributed by atoms with Crippen molar-refractivity contribution in [1.82, 2.24) is 19.9 Å². The van der Waals surface area contributed by atoms with E-state index in [2.05, 4.69) is 50.5 Å². The van der Waals surface area contributed by atoms with Crippen LogP contribution in [0.4, 0.5) is 17.2 Å². The third-order valence-corrected chi connectivity index (χ3v) is 5.19. The number of rotatable bonds is 6. The minimum atomic E-state index is -1.03. The summed E-state index contributed by atoms with van der Waals surface area (Å²) in [6.07, 6.45) is 3.53. The molecule has 8 heteroatoms. The van der Waals surface area contributed by atoms with Crippen LogP contribution in [0.2, 0.25) is 0 Å². The first-order valence-corrected chi connectivity index (χ1v) is 10.3. The molecule has 0 spiro atoms. The maximum atomic E-state index is 10.2. The molecule has 0 amide bonds. The van der Waals surface area contributed by atoms with Crippen molar-refractivity contribution in [3.05, 3.63) is 48.0 Å². The zero-order valence-electron chi connectivity index (χ0n) is 16.8. The minimum Gasteiger partial charge on any atom is -0.383 e. The molecule has 4 N–H and O–H groups in total. The van der Waals surface area contributed by atoms with Crippen LogP contribution in [0.5, 0.6) is 0 Å². The van der Waals surface area contributed by atoms with Crippen LogP contribution in [-0.4, -0.2) is 31.1 Å². The Bertz CT molecular complexity index is 1140. The van der Waals surface area contributed by atoms with E-state index >= 15 is 0 Å². The topological polar surface area (TPSA) is 98.8 Å². The van der Waals surface area contributed by atoms with Crippen LogP contribution in [0.1, 0.15) is 33.5 Å². The second kappa shape index (κ2) is 7.46. The Hall–Kier alpha value is -2.97. The predicted molar refractivity (Wildman–Crippen MR) is 119 cm³/mol. The molecule has 0 aliphatic rings. The van der Waals surface area contributed by atoms with E-state index in [4.69, 9.17) is 0 Å². The number of aliphatic hydroxyl groups is 1. The van der Waals surface area contributed by atoms with Crippen LogP contribution >= 0.6 is 11.3 Å². The number of thiazole rings is 1. The van der Waals surface area contributed by atoms with E-state index in [1.807, 2.05) is 23.7 Å². The van der Waals surface area contributed by atoms with E-state index < -0.39 is 5.60 Å². The van der Waals surface area contributed by atoms with Gasteiger partial charge in [0.25, 0.3) is 0 Å². The summed E-state index contributed by atoms with van der Waals surface area (Å²) in [6.45, 7) is 7.58. The smallest absolute Gasteiger partial charge is 0.138 e. The molecule has 0 saturated carbocycles. The fourth-order valence-corrected chi connectivity index (χ4v) is 3.73.